The Morgan fingerprint density at radius 3 is 2.71 bits per heavy atom. The largest absolute Gasteiger partial charge is 0.381 e. The lowest BCUT2D eigenvalue weighted by Crippen LogP contribution is -2.50. The van der Waals surface area contributed by atoms with E-state index in [4.69, 9.17) is 10.1 Å². The summed E-state index contributed by atoms with van der Waals surface area (Å²) in [5.74, 6) is 1.12. The maximum absolute atomic E-state index is 13.2. The number of nitrogens with one attached hydrogen (secondary N) is 5. The fourth-order valence-corrected chi connectivity index (χ4v) is 5.58. The van der Waals surface area contributed by atoms with Crippen molar-refractivity contribution in [2.24, 2.45) is 23.2 Å². The number of hydrogen-bond donors (Lipinski definition) is 5. The first-order chi connectivity index (χ1) is 14.8. The van der Waals surface area contributed by atoms with Gasteiger partial charge in [0, 0.05) is 55.5 Å². The average molecular weight is 436 g/mol. The molecule has 176 valence electrons. The molecular weight excluding hydrogens is 393 g/mol. The minimum Gasteiger partial charge on any atom is -0.381 e. The van der Waals surface area contributed by atoms with Crippen LogP contribution in [0.25, 0.3) is 0 Å². The molecule has 5 N–H and O–H groups in total. The number of hydrogen-bond acceptors (Lipinski definition) is 6. The molecule has 31 heavy (non-hydrogen) atoms. The van der Waals surface area contributed by atoms with Crippen molar-refractivity contribution < 1.29 is 9.13 Å². The Hall–Kier alpha value is -1.28. The van der Waals surface area contributed by atoms with Crippen LogP contribution in [0.15, 0.2) is 23.4 Å². The smallest absolute Gasteiger partial charge is 0.0897 e. The van der Waals surface area contributed by atoms with Gasteiger partial charge in [-0.15, -0.1) is 0 Å². The van der Waals surface area contributed by atoms with E-state index in [-0.39, 0.29) is 23.7 Å². The molecule has 0 heterocycles. The topological polar surface area (TPSA) is 81.2 Å². The maximum atomic E-state index is 13.2. The highest BCUT2D eigenvalue weighted by Gasteiger charge is 2.50. The van der Waals surface area contributed by atoms with Crippen LogP contribution in [0, 0.1) is 28.6 Å². The molecule has 0 bridgehead atoms. The first kappa shape index (κ1) is 24.4. The zero-order valence-electron chi connectivity index (χ0n) is 19.9. The SMILES string of the molecule is CNNCCNCC(NC1=C[C@](C)(C(C)=N)[C@H]2C=C12)[C@@H]1CC(CCF)C[C@@](C)(OC)C1. The molecule has 1 saturated carbocycles. The number of fused-ring (bicyclic) bond motifs is 1. The molecule has 6 nitrogen and oxygen atoms in total. The second kappa shape index (κ2) is 10.1. The van der Waals surface area contributed by atoms with Gasteiger partial charge in [-0.25, -0.2) is 0 Å². The number of alkyl halides is 1. The van der Waals surface area contributed by atoms with Crippen molar-refractivity contribution in [3.8, 4) is 0 Å². The fourth-order valence-electron chi connectivity index (χ4n) is 5.58. The third-order valence-corrected chi connectivity index (χ3v) is 7.72. The van der Waals surface area contributed by atoms with Crippen LogP contribution in [-0.2, 0) is 4.74 Å². The van der Waals surface area contributed by atoms with Gasteiger partial charge >= 0.3 is 0 Å². The van der Waals surface area contributed by atoms with Gasteiger partial charge in [0.2, 0.25) is 0 Å². The van der Waals surface area contributed by atoms with Crippen molar-refractivity contribution in [2.75, 3.05) is 40.5 Å². The van der Waals surface area contributed by atoms with E-state index < -0.39 is 0 Å². The molecule has 0 aromatic rings. The molecule has 0 amide bonds. The molecule has 0 radical (unpaired) electrons. The summed E-state index contributed by atoms with van der Waals surface area (Å²) in [7, 11) is 3.66. The molecule has 2 unspecified atom stereocenters. The van der Waals surface area contributed by atoms with Crippen molar-refractivity contribution in [1.82, 2.24) is 21.5 Å². The minimum atomic E-state index is -0.264. The maximum Gasteiger partial charge on any atom is 0.0897 e. The van der Waals surface area contributed by atoms with E-state index in [1.54, 1.807) is 7.11 Å². The summed E-state index contributed by atoms with van der Waals surface area (Å²) in [6.07, 6.45) is 8.07. The van der Waals surface area contributed by atoms with E-state index in [0.717, 1.165) is 38.9 Å². The highest BCUT2D eigenvalue weighted by atomic mass is 19.1. The quantitative estimate of drug-likeness (QED) is 0.175. The molecule has 3 aliphatic rings. The van der Waals surface area contributed by atoms with Gasteiger partial charge in [-0.05, 0) is 77.0 Å². The monoisotopic (exact) mass is 435 g/mol. The highest BCUT2D eigenvalue weighted by molar-refractivity contribution is 5.91. The molecule has 0 aliphatic heterocycles. The average Bonchev–Trinajstić information content (AvgIpc) is 3.48. The van der Waals surface area contributed by atoms with Crippen LogP contribution in [0.2, 0.25) is 0 Å². The molecule has 7 heteroatoms. The first-order valence-electron chi connectivity index (χ1n) is 11.7. The van der Waals surface area contributed by atoms with E-state index in [2.05, 4.69) is 47.5 Å². The van der Waals surface area contributed by atoms with Gasteiger partial charge in [0.05, 0.1) is 12.3 Å². The second-order valence-corrected chi connectivity index (χ2v) is 10.1. The normalized spacial score (nSPS) is 35.2. The number of methoxy groups -OCH3 is 1. The van der Waals surface area contributed by atoms with Crippen LogP contribution < -0.4 is 21.5 Å². The van der Waals surface area contributed by atoms with Crippen molar-refractivity contribution in [3.05, 3.63) is 23.4 Å². The summed E-state index contributed by atoms with van der Waals surface area (Å²) in [6.45, 7) is 8.53. The number of halogens is 1. The van der Waals surface area contributed by atoms with E-state index in [1.165, 1.54) is 11.3 Å². The van der Waals surface area contributed by atoms with Crippen molar-refractivity contribution in [2.45, 2.75) is 58.1 Å². The fraction of sp³-hybridized carbons (Fsp3) is 0.792. The van der Waals surface area contributed by atoms with Gasteiger partial charge < -0.3 is 20.8 Å². The molecule has 0 saturated heterocycles. The third-order valence-electron chi connectivity index (χ3n) is 7.72. The Balaban J connectivity index is 1.74. The summed E-state index contributed by atoms with van der Waals surface area (Å²) in [5.41, 5.74) is 8.91. The lowest BCUT2D eigenvalue weighted by atomic mass is 9.69. The first-order valence-corrected chi connectivity index (χ1v) is 11.7. The van der Waals surface area contributed by atoms with Crippen LogP contribution in [0.3, 0.4) is 0 Å². The predicted molar refractivity (Wildman–Crippen MR) is 125 cm³/mol. The molecule has 3 aliphatic carbocycles. The van der Waals surface area contributed by atoms with Crippen molar-refractivity contribution in [1.29, 1.82) is 5.41 Å². The Labute approximate surface area is 187 Å². The predicted octanol–water partition coefficient (Wildman–Crippen LogP) is 2.94. The van der Waals surface area contributed by atoms with Crippen LogP contribution >= 0.6 is 0 Å². The molecular formula is C24H42FN5O. The summed E-state index contributed by atoms with van der Waals surface area (Å²) in [4.78, 5) is 0. The third kappa shape index (κ3) is 5.56. The molecule has 1 fully saturated rings. The number of rotatable bonds is 13. The van der Waals surface area contributed by atoms with Crippen LogP contribution in [0.1, 0.15) is 46.5 Å². The Bertz CT molecular complexity index is 710. The van der Waals surface area contributed by atoms with Crippen LogP contribution in [-0.4, -0.2) is 57.8 Å². The standard InChI is InChI=1S/C24H42FN5O/c1-16(26)24(3)14-21(19-11-20(19)24)30-22(15-28-8-9-29-27-4)18-10-17(6-7-25)12-23(2,13-18)31-5/h11,14,17-18,20,22,26-30H,6-10,12-13,15H2,1-5H3/t17?,18-,20+,22?,23-,24-/m1/s1. The van der Waals surface area contributed by atoms with E-state index in [1.807, 2.05) is 14.0 Å². The molecule has 3 rings (SSSR count). The summed E-state index contributed by atoms with van der Waals surface area (Å²) < 4.78 is 19.1. The Morgan fingerprint density at radius 2 is 2.10 bits per heavy atom. The number of ether oxygens (including phenoxy) is 1. The lowest BCUT2D eigenvalue weighted by Gasteiger charge is -2.44. The zero-order valence-corrected chi connectivity index (χ0v) is 19.9. The van der Waals surface area contributed by atoms with Crippen LogP contribution in [0.4, 0.5) is 4.39 Å². The number of hydrazine groups is 1. The molecule has 0 aromatic heterocycles. The van der Waals surface area contributed by atoms with Gasteiger partial charge in [-0.3, -0.25) is 15.2 Å². The Kier molecular flexibility index (Phi) is 7.95. The van der Waals surface area contributed by atoms with Crippen molar-refractivity contribution >= 4 is 5.71 Å². The zero-order chi connectivity index (χ0) is 22.6. The summed E-state index contributed by atoms with van der Waals surface area (Å²) in [5, 5.41) is 15.7. The van der Waals surface area contributed by atoms with Gasteiger partial charge in [0.1, 0.15) is 0 Å². The van der Waals surface area contributed by atoms with Gasteiger partial charge in [0.15, 0.2) is 0 Å². The molecule has 0 aromatic carbocycles. The minimum absolute atomic E-state index is 0.198. The van der Waals surface area contributed by atoms with E-state index in [9.17, 15) is 4.39 Å². The van der Waals surface area contributed by atoms with E-state index >= 15 is 0 Å². The molecule has 6 atom stereocenters. The summed E-state index contributed by atoms with van der Waals surface area (Å²) in [6, 6.07) is 0.230. The highest BCUT2D eigenvalue weighted by Crippen LogP contribution is 2.55. The van der Waals surface area contributed by atoms with Crippen LogP contribution in [0.5, 0.6) is 0 Å². The van der Waals surface area contributed by atoms with Gasteiger partial charge in [-0.2, -0.15) is 0 Å². The van der Waals surface area contributed by atoms with Crippen molar-refractivity contribution in [3.63, 3.8) is 0 Å². The summed E-state index contributed by atoms with van der Waals surface area (Å²) >= 11 is 0. The Morgan fingerprint density at radius 1 is 1.32 bits per heavy atom. The van der Waals surface area contributed by atoms with E-state index in [0.29, 0.717) is 29.9 Å². The number of allylic oxidation sites excluding steroid dienone is 3. The van der Waals surface area contributed by atoms with Gasteiger partial charge in [0.25, 0.3) is 0 Å². The van der Waals surface area contributed by atoms with Gasteiger partial charge in [-0.1, -0.05) is 6.08 Å². The molecule has 0 spiro atoms. The lowest BCUT2D eigenvalue weighted by molar-refractivity contribution is -0.0642. The second-order valence-electron chi connectivity index (χ2n) is 10.1.